The molecule has 1 aliphatic rings. The summed E-state index contributed by atoms with van der Waals surface area (Å²) in [6.45, 7) is 0.562. The van der Waals surface area contributed by atoms with Gasteiger partial charge in [0, 0.05) is 17.5 Å². The van der Waals surface area contributed by atoms with Crippen molar-refractivity contribution in [2.45, 2.75) is 19.4 Å². The lowest BCUT2D eigenvalue weighted by atomic mass is 10.2. The molecule has 0 unspecified atom stereocenters. The lowest BCUT2D eigenvalue weighted by Crippen LogP contribution is -2.31. The van der Waals surface area contributed by atoms with Gasteiger partial charge in [-0.2, -0.15) is 0 Å². The zero-order valence-electron chi connectivity index (χ0n) is 11.3. The summed E-state index contributed by atoms with van der Waals surface area (Å²) in [5.74, 6) is 1.20. The Morgan fingerprint density at radius 2 is 2.15 bits per heavy atom. The van der Waals surface area contributed by atoms with E-state index < -0.39 is 0 Å². The molecule has 0 N–H and O–H groups in total. The van der Waals surface area contributed by atoms with Gasteiger partial charge in [0.05, 0.1) is 13.7 Å². The van der Waals surface area contributed by atoms with Crippen LogP contribution in [0.4, 0.5) is 5.13 Å². The number of carbonyl (C=O) groups is 1. The third kappa shape index (κ3) is 2.82. The topological polar surface area (TPSA) is 42.4 Å². The number of amides is 1. The number of hydrogen-bond acceptors (Lipinski definition) is 4. The number of rotatable bonds is 5. The monoisotopic (exact) mass is 288 g/mol. The summed E-state index contributed by atoms with van der Waals surface area (Å²) >= 11 is 1.50. The molecule has 1 aliphatic carbocycles. The molecule has 1 fully saturated rings. The molecule has 1 aromatic carbocycles. The summed E-state index contributed by atoms with van der Waals surface area (Å²) in [5.41, 5.74) is 1.08. The fourth-order valence-electron chi connectivity index (χ4n) is 2.05. The van der Waals surface area contributed by atoms with E-state index >= 15 is 0 Å². The lowest BCUT2D eigenvalue weighted by Gasteiger charge is -2.20. The van der Waals surface area contributed by atoms with Gasteiger partial charge in [0.2, 0.25) is 5.91 Å². The summed E-state index contributed by atoms with van der Waals surface area (Å²) in [4.78, 5) is 18.5. The SMILES string of the molecule is COc1ccc(CN(C(=O)C2CC2)c2nccs2)cc1. The Morgan fingerprint density at radius 3 is 2.70 bits per heavy atom. The largest absolute Gasteiger partial charge is 0.497 e. The standard InChI is InChI=1S/C15H16N2O2S/c1-19-13-6-2-11(3-7-13)10-17(14(18)12-4-5-12)15-16-8-9-20-15/h2-3,6-9,12H,4-5,10H2,1H3. The van der Waals surface area contributed by atoms with Gasteiger partial charge in [-0.05, 0) is 30.5 Å². The normalized spacial score (nSPS) is 14.1. The molecule has 0 spiro atoms. The number of thiazole rings is 1. The van der Waals surface area contributed by atoms with Crippen LogP contribution in [0.15, 0.2) is 35.8 Å². The predicted octanol–water partition coefficient (Wildman–Crippen LogP) is 3.09. The molecule has 1 aromatic heterocycles. The van der Waals surface area contributed by atoms with Crippen molar-refractivity contribution in [1.82, 2.24) is 4.98 Å². The molecule has 2 aromatic rings. The minimum atomic E-state index is 0.191. The third-order valence-corrected chi connectivity index (χ3v) is 4.14. The van der Waals surface area contributed by atoms with E-state index in [1.807, 2.05) is 29.6 Å². The first kappa shape index (κ1) is 13.1. The first-order valence-corrected chi connectivity index (χ1v) is 7.49. The van der Waals surface area contributed by atoms with Crippen molar-refractivity contribution in [2.75, 3.05) is 12.0 Å². The number of methoxy groups -OCH3 is 1. The van der Waals surface area contributed by atoms with Gasteiger partial charge in [0.25, 0.3) is 0 Å². The van der Waals surface area contributed by atoms with Gasteiger partial charge >= 0.3 is 0 Å². The second kappa shape index (κ2) is 5.63. The van der Waals surface area contributed by atoms with E-state index in [0.29, 0.717) is 6.54 Å². The minimum absolute atomic E-state index is 0.191. The van der Waals surface area contributed by atoms with Crippen molar-refractivity contribution in [3.05, 3.63) is 41.4 Å². The van der Waals surface area contributed by atoms with E-state index in [9.17, 15) is 4.79 Å². The quantitative estimate of drug-likeness (QED) is 0.849. The summed E-state index contributed by atoms with van der Waals surface area (Å²) in [5, 5.41) is 2.68. The molecule has 0 saturated heterocycles. The highest BCUT2D eigenvalue weighted by Crippen LogP contribution is 2.34. The fourth-order valence-corrected chi connectivity index (χ4v) is 2.70. The highest BCUT2D eigenvalue weighted by molar-refractivity contribution is 7.13. The van der Waals surface area contributed by atoms with Crippen molar-refractivity contribution in [2.24, 2.45) is 5.92 Å². The van der Waals surface area contributed by atoms with Crippen LogP contribution >= 0.6 is 11.3 Å². The number of anilines is 1. The van der Waals surface area contributed by atoms with E-state index in [1.54, 1.807) is 18.2 Å². The minimum Gasteiger partial charge on any atom is -0.497 e. The number of aromatic nitrogens is 1. The molecular weight excluding hydrogens is 272 g/mol. The molecule has 0 atom stereocenters. The van der Waals surface area contributed by atoms with Gasteiger partial charge in [0.1, 0.15) is 5.75 Å². The van der Waals surface area contributed by atoms with E-state index in [-0.39, 0.29) is 11.8 Å². The van der Waals surface area contributed by atoms with Crippen molar-refractivity contribution in [1.29, 1.82) is 0 Å². The van der Waals surface area contributed by atoms with Gasteiger partial charge < -0.3 is 4.74 Å². The van der Waals surface area contributed by atoms with Crippen molar-refractivity contribution in [3.63, 3.8) is 0 Å². The molecule has 4 nitrogen and oxygen atoms in total. The predicted molar refractivity (Wildman–Crippen MR) is 79.0 cm³/mol. The van der Waals surface area contributed by atoms with Crippen molar-refractivity contribution in [3.8, 4) is 5.75 Å². The Kier molecular flexibility index (Phi) is 3.69. The summed E-state index contributed by atoms with van der Waals surface area (Å²) in [7, 11) is 1.65. The Bertz CT molecular complexity index is 576. The maximum atomic E-state index is 12.4. The highest BCUT2D eigenvalue weighted by Gasteiger charge is 2.34. The molecule has 1 saturated carbocycles. The lowest BCUT2D eigenvalue weighted by molar-refractivity contribution is -0.119. The molecule has 0 aliphatic heterocycles. The zero-order valence-corrected chi connectivity index (χ0v) is 12.1. The van der Waals surface area contributed by atoms with Crippen LogP contribution in [-0.4, -0.2) is 18.0 Å². The smallest absolute Gasteiger partial charge is 0.232 e. The van der Waals surface area contributed by atoms with E-state index in [1.165, 1.54) is 11.3 Å². The Balaban J connectivity index is 1.80. The van der Waals surface area contributed by atoms with Crippen LogP contribution in [-0.2, 0) is 11.3 Å². The zero-order chi connectivity index (χ0) is 13.9. The average molecular weight is 288 g/mol. The van der Waals surface area contributed by atoms with Gasteiger partial charge in [-0.1, -0.05) is 12.1 Å². The van der Waals surface area contributed by atoms with Gasteiger partial charge in [-0.25, -0.2) is 4.98 Å². The van der Waals surface area contributed by atoms with Crippen molar-refractivity contribution < 1.29 is 9.53 Å². The first-order chi connectivity index (χ1) is 9.78. The van der Waals surface area contributed by atoms with Crippen LogP contribution in [0.1, 0.15) is 18.4 Å². The van der Waals surface area contributed by atoms with Crippen LogP contribution in [0.2, 0.25) is 0 Å². The van der Waals surface area contributed by atoms with E-state index in [4.69, 9.17) is 4.74 Å². The molecule has 1 amide bonds. The third-order valence-electron chi connectivity index (χ3n) is 3.34. The van der Waals surface area contributed by atoms with Crippen LogP contribution in [0, 0.1) is 5.92 Å². The van der Waals surface area contributed by atoms with Crippen LogP contribution in [0.5, 0.6) is 5.75 Å². The Morgan fingerprint density at radius 1 is 1.40 bits per heavy atom. The van der Waals surface area contributed by atoms with E-state index in [2.05, 4.69) is 4.98 Å². The second-order valence-electron chi connectivity index (χ2n) is 4.86. The molecule has 5 heteroatoms. The molecule has 1 heterocycles. The Labute approximate surface area is 122 Å². The van der Waals surface area contributed by atoms with E-state index in [0.717, 1.165) is 29.3 Å². The molecule has 0 radical (unpaired) electrons. The van der Waals surface area contributed by atoms with Crippen molar-refractivity contribution >= 4 is 22.4 Å². The number of ether oxygens (including phenoxy) is 1. The number of nitrogens with zero attached hydrogens (tertiary/aromatic N) is 2. The summed E-state index contributed by atoms with van der Waals surface area (Å²) in [6, 6.07) is 7.80. The van der Waals surface area contributed by atoms with Crippen LogP contribution in [0.25, 0.3) is 0 Å². The van der Waals surface area contributed by atoms with Gasteiger partial charge in [-0.15, -0.1) is 11.3 Å². The highest BCUT2D eigenvalue weighted by atomic mass is 32.1. The summed E-state index contributed by atoms with van der Waals surface area (Å²) in [6.07, 6.45) is 3.74. The second-order valence-corrected chi connectivity index (χ2v) is 5.73. The van der Waals surface area contributed by atoms with Crippen LogP contribution < -0.4 is 9.64 Å². The molecule has 0 bridgehead atoms. The molecular formula is C15H16N2O2S. The molecule has 20 heavy (non-hydrogen) atoms. The molecule has 104 valence electrons. The maximum Gasteiger partial charge on any atom is 0.232 e. The number of benzene rings is 1. The van der Waals surface area contributed by atoms with Crippen LogP contribution in [0.3, 0.4) is 0 Å². The number of carbonyl (C=O) groups excluding carboxylic acids is 1. The van der Waals surface area contributed by atoms with Gasteiger partial charge in [0.15, 0.2) is 5.13 Å². The first-order valence-electron chi connectivity index (χ1n) is 6.61. The van der Waals surface area contributed by atoms with Gasteiger partial charge in [-0.3, -0.25) is 9.69 Å². The summed E-state index contributed by atoms with van der Waals surface area (Å²) < 4.78 is 5.15. The number of hydrogen-bond donors (Lipinski definition) is 0. The fraction of sp³-hybridized carbons (Fsp3) is 0.333. The molecule has 3 rings (SSSR count). The Hall–Kier alpha value is -1.88. The maximum absolute atomic E-state index is 12.4. The average Bonchev–Trinajstić information content (AvgIpc) is 3.20.